The van der Waals surface area contributed by atoms with Crippen molar-refractivity contribution in [2.24, 2.45) is 0 Å². The summed E-state index contributed by atoms with van der Waals surface area (Å²) in [5, 5.41) is 3.06. The lowest BCUT2D eigenvalue weighted by Gasteiger charge is -2.12. The predicted molar refractivity (Wildman–Crippen MR) is 55.1 cm³/mol. The number of hydrogen-bond acceptors (Lipinski definition) is 3. The smallest absolute Gasteiger partial charge is 0.0704 e. The van der Waals surface area contributed by atoms with Crippen LogP contribution in [0.25, 0.3) is 0 Å². The van der Waals surface area contributed by atoms with E-state index in [-0.39, 0.29) is 6.10 Å². The molecule has 13 heavy (non-hydrogen) atoms. The van der Waals surface area contributed by atoms with Gasteiger partial charge in [0.25, 0.3) is 0 Å². The minimum atomic E-state index is 0.278. The number of rotatable bonds is 9. The van der Waals surface area contributed by atoms with Gasteiger partial charge in [0.05, 0.1) is 19.3 Å². The van der Waals surface area contributed by atoms with E-state index >= 15 is 0 Å². The Hall–Kier alpha value is -0.120. The number of likely N-dealkylation sites (N-methyl/N-ethyl adjacent to an activating group) is 1. The molecule has 0 spiro atoms. The van der Waals surface area contributed by atoms with Crippen LogP contribution in [0.1, 0.15) is 26.7 Å². The molecule has 0 aliphatic rings. The van der Waals surface area contributed by atoms with Crippen LogP contribution in [0.2, 0.25) is 0 Å². The summed E-state index contributed by atoms with van der Waals surface area (Å²) in [5.74, 6) is 0. The van der Waals surface area contributed by atoms with Crippen molar-refractivity contribution in [3.05, 3.63) is 0 Å². The molecule has 0 aromatic carbocycles. The van der Waals surface area contributed by atoms with Crippen molar-refractivity contribution < 1.29 is 9.47 Å². The molecule has 0 heterocycles. The maximum atomic E-state index is 5.48. The second-order valence-electron chi connectivity index (χ2n) is 3.21. The van der Waals surface area contributed by atoms with E-state index in [4.69, 9.17) is 9.47 Å². The highest BCUT2D eigenvalue weighted by Crippen LogP contribution is 1.90. The highest BCUT2D eigenvalue weighted by Gasteiger charge is 1.98. The lowest BCUT2D eigenvalue weighted by Crippen LogP contribution is -2.25. The number of unbranched alkanes of at least 4 members (excludes halogenated alkanes) is 1. The van der Waals surface area contributed by atoms with E-state index in [0.29, 0.717) is 13.2 Å². The third kappa shape index (κ3) is 9.80. The first-order valence-electron chi connectivity index (χ1n) is 5.15. The minimum Gasteiger partial charge on any atom is -0.379 e. The van der Waals surface area contributed by atoms with Crippen molar-refractivity contribution in [2.45, 2.75) is 32.8 Å². The van der Waals surface area contributed by atoms with E-state index in [1.807, 2.05) is 7.05 Å². The van der Waals surface area contributed by atoms with Crippen LogP contribution >= 0.6 is 0 Å². The van der Waals surface area contributed by atoms with Crippen molar-refractivity contribution in [1.29, 1.82) is 0 Å². The van der Waals surface area contributed by atoms with E-state index in [2.05, 4.69) is 19.2 Å². The summed E-state index contributed by atoms with van der Waals surface area (Å²) in [4.78, 5) is 0. The molecule has 0 amide bonds. The fraction of sp³-hybridized carbons (Fsp3) is 1.00. The second kappa shape index (κ2) is 9.96. The molecule has 0 radical (unpaired) electrons. The van der Waals surface area contributed by atoms with Crippen LogP contribution in [0.4, 0.5) is 0 Å². The summed E-state index contributed by atoms with van der Waals surface area (Å²) >= 11 is 0. The largest absolute Gasteiger partial charge is 0.379 e. The van der Waals surface area contributed by atoms with Crippen LogP contribution in [0, 0.1) is 0 Å². The molecule has 3 heteroatoms. The first kappa shape index (κ1) is 12.9. The number of nitrogens with one attached hydrogen (secondary N) is 1. The first-order chi connectivity index (χ1) is 6.31. The molecule has 0 bridgehead atoms. The Balaban J connectivity index is 2.97. The van der Waals surface area contributed by atoms with Crippen LogP contribution in [-0.2, 0) is 9.47 Å². The molecule has 0 aromatic heterocycles. The van der Waals surface area contributed by atoms with Gasteiger partial charge in [-0.15, -0.1) is 0 Å². The third-order valence-corrected chi connectivity index (χ3v) is 1.76. The van der Waals surface area contributed by atoms with Gasteiger partial charge in [0.15, 0.2) is 0 Å². The monoisotopic (exact) mass is 189 g/mol. The number of hydrogen-bond donors (Lipinski definition) is 1. The van der Waals surface area contributed by atoms with Gasteiger partial charge >= 0.3 is 0 Å². The zero-order valence-corrected chi connectivity index (χ0v) is 9.14. The molecule has 0 rings (SSSR count). The van der Waals surface area contributed by atoms with Crippen LogP contribution in [-0.4, -0.2) is 39.5 Å². The Morgan fingerprint density at radius 2 is 2.00 bits per heavy atom. The maximum absolute atomic E-state index is 5.48. The molecule has 0 aliphatic carbocycles. The molecule has 0 aliphatic heterocycles. The van der Waals surface area contributed by atoms with E-state index in [9.17, 15) is 0 Å². The Bertz CT molecular complexity index is 98.9. The topological polar surface area (TPSA) is 30.5 Å². The van der Waals surface area contributed by atoms with Crippen molar-refractivity contribution in [3.63, 3.8) is 0 Å². The summed E-state index contributed by atoms with van der Waals surface area (Å²) < 4.78 is 10.8. The van der Waals surface area contributed by atoms with Crippen molar-refractivity contribution in [3.8, 4) is 0 Å². The predicted octanol–water partition coefficient (Wildman–Crippen LogP) is 1.43. The average Bonchev–Trinajstić information content (AvgIpc) is 2.11. The van der Waals surface area contributed by atoms with E-state index < -0.39 is 0 Å². The van der Waals surface area contributed by atoms with Crippen molar-refractivity contribution in [1.82, 2.24) is 5.32 Å². The Morgan fingerprint density at radius 3 is 2.62 bits per heavy atom. The van der Waals surface area contributed by atoms with Gasteiger partial charge in [-0.2, -0.15) is 0 Å². The van der Waals surface area contributed by atoms with E-state index in [1.165, 1.54) is 6.42 Å². The third-order valence-electron chi connectivity index (χ3n) is 1.76. The summed E-state index contributed by atoms with van der Waals surface area (Å²) in [6.07, 6.45) is 2.61. The van der Waals surface area contributed by atoms with E-state index in [1.54, 1.807) is 0 Å². The van der Waals surface area contributed by atoms with Gasteiger partial charge in [0, 0.05) is 13.2 Å². The van der Waals surface area contributed by atoms with Gasteiger partial charge in [0.2, 0.25) is 0 Å². The molecule has 80 valence electrons. The molecular weight excluding hydrogens is 166 g/mol. The number of ether oxygens (including phenoxy) is 2. The summed E-state index contributed by atoms with van der Waals surface area (Å²) in [7, 11) is 1.93. The van der Waals surface area contributed by atoms with Crippen molar-refractivity contribution in [2.75, 3.05) is 33.4 Å². The van der Waals surface area contributed by atoms with Gasteiger partial charge < -0.3 is 14.8 Å². The Labute approximate surface area is 81.8 Å². The lowest BCUT2D eigenvalue weighted by atomic mass is 10.4. The van der Waals surface area contributed by atoms with Gasteiger partial charge in [-0.05, 0) is 20.4 Å². The summed E-state index contributed by atoms with van der Waals surface area (Å²) in [6, 6.07) is 0. The quantitative estimate of drug-likeness (QED) is 0.557. The van der Waals surface area contributed by atoms with Crippen LogP contribution in [0.3, 0.4) is 0 Å². The fourth-order valence-corrected chi connectivity index (χ4v) is 1.00. The van der Waals surface area contributed by atoms with Gasteiger partial charge in [0.1, 0.15) is 0 Å². The highest BCUT2D eigenvalue weighted by molar-refractivity contribution is 4.50. The van der Waals surface area contributed by atoms with E-state index in [0.717, 1.165) is 19.6 Å². The average molecular weight is 189 g/mol. The maximum Gasteiger partial charge on any atom is 0.0704 e. The molecular formula is C10H23NO2. The molecule has 0 aromatic rings. The second-order valence-corrected chi connectivity index (χ2v) is 3.21. The Kier molecular flexibility index (Phi) is 9.87. The molecule has 1 N–H and O–H groups in total. The molecule has 0 fully saturated rings. The summed E-state index contributed by atoms with van der Waals surface area (Å²) in [6.45, 7) is 7.40. The van der Waals surface area contributed by atoms with Crippen LogP contribution in [0.15, 0.2) is 0 Å². The van der Waals surface area contributed by atoms with Crippen molar-refractivity contribution >= 4 is 0 Å². The van der Waals surface area contributed by atoms with Gasteiger partial charge in [-0.1, -0.05) is 13.3 Å². The highest BCUT2D eigenvalue weighted by atomic mass is 16.5. The molecule has 3 nitrogen and oxygen atoms in total. The van der Waals surface area contributed by atoms with Crippen LogP contribution < -0.4 is 5.32 Å². The van der Waals surface area contributed by atoms with Gasteiger partial charge in [-0.3, -0.25) is 0 Å². The van der Waals surface area contributed by atoms with Gasteiger partial charge in [-0.25, -0.2) is 0 Å². The zero-order chi connectivity index (χ0) is 9.94. The lowest BCUT2D eigenvalue weighted by molar-refractivity contribution is 0.0129. The normalized spacial score (nSPS) is 13.2. The molecule has 0 saturated carbocycles. The SMILES string of the molecule is CCCCOCCOC(C)CNC. The van der Waals surface area contributed by atoms with Crippen LogP contribution in [0.5, 0.6) is 0 Å². The molecule has 0 saturated heterocycles. The molecule has 1 atom stereocenters. The fourth-order valence-electron chi connectivity index (χ4n) is 1.00. The zero-order valence-electron chi connectivity index (χ0n) is 9.14. The first-order valence-corrected chi connectivity index (χ1v) is 5.15. The minimum absolute atomic E-state index is 0.278. The summed E-state index contributed by atoms with van der Waals surface area (Å²) in [5.41, 5.74) is 0. The standard InChI is InChI=1S/C10H23NO2/c1-4-5-6-12-7-8-13-10(2)9-11-3/h10-11H,4-9H2,1-3H3. The molecule has 1 unspecified atom stereocenters. The Morgan fingerprint density at radius 1 is 1.23 bits per heavy atom.